The van der Waals surface area contributed by atoms with E-state index in [0.29, 0.717) is 0 Å². The van der Waals surface area contributed by atoms with Crippen molar-refractivity contribution in [3.8, 4) is 0 Å². The van der Waals surface area contributed by atoms with Gasteiger partial charge >= 0.3 is 0 Å². The molecule has 0 saturated carbocycles. The van der Waals surface area contributed by atoms with Crippen molar-refractivity contribution in [1.29, 1.82) is 0 Å². The molecule has 0 heterocycles. The minimum absolute atomic E-state index is 0.0472. The maximum absolute atomic E-state index is 2.32. The Labute approximate surface area is 119 Å². The lowest BCUT2D eigenvalue weighted by atomic mass is 9.71. The maximum Gasteiger partial charge on any atom is 0.0368 e. The van der Waals surface area contributed by atoms with Gasteiger partial charge in [-0.25, -0.2) is 0 Å². The molecule has 4 rings (SSSR count). The number of fused-ring (bicyclic) bond motifs is 2. The molecule has 2 aliphatic rings. The molecular weight excluding hydrogens is 240 g/mol. The third-order valence-corrected chi connectivity index (χ3v) is 4.43. The van der Waals surface area contributed by atoms with E-state index in [0.717, 1.165) is 0 Å². The second kappa shape index (κ2) is 4.08. The highest BCUT2D eigenvalue weighted by Crippen LogP contribution is 2.41. The summed E-state index contributed by atoms with van der Waals surface area (Å²) in [5.74, 6) is 0. The summed E-state index contributed by atoms with van der Waals surface area (Å²) in [5, 5.41) is 2.70. The standard InChI is InChI=1S/C20H16/c1-20(17-10-3-2-4-11-17)13-7-9-16-14-15-8-5-6-12-18(15)19(16)20/h2-14H,1H3. The van der Waals surface area contributed by atoms with E-state index in [4.69, 9.17) is 0 Å². The van der Waals surface area contributed by atoms with Crippen LogP contribution >= 0.6 is 0 Å². The quantitative estimate of drug-likeness (QED) is 0.735. The lowest BCUT2D eigenvalue weighted by molar-refractivity contribution is 0.774. The minimum Gasteiger partial charge on any atom is -0.0698 e. The molecule has 0 aliphatic heterocycles. The molecule has 1 unspecified atom stereocenters. The van der Waals surface area contributed by atoms with Crippen LogP contribution in [0.4, 0.5) is 0 Å². The van der Waals surface area contributed by atoms with Gasteiger partial charge in [-0.2, -0.15) is 0 Å². The predicted molar refractivity (Wildman–Crippen MR) is 84.6 cm³/mol. The molecule has 1 atom stereocenters. The molecule has 0 N–H and O–H groups in total. The number of rotatable bonds is 1. The minimum atomic E-state index is -0.0472. The molecule has 20 heavy (non-hydrogen) atoms. The second-order valence-electron chi connectivity index (χ2n) is 5.66. The Balaban J connectivity index is 2.08. The van der Waals surface area contributed by atoms with Crippen LogP contribution in [0.1, 0.15) is 12.5 Å². The van der Waals surface area contributed by atoms with Crippen molar-refractivity contribution >= 4 is 11.6 Å². The molecule has 0 fully saturated rings. The highest BCUT2D eigenvalue weighted by atomic mass is 14.4. The summed E-state index contributed by atoms with van der Waals surface area (Å²) in [6.07, 6.45) is 9.03. The Hall–Kier alpha value is -2.34. The van der Waals surface area contributed by atoms with Crippen LogP contribution in [-0.2, 0) is 5.41 Å². The molecule has 0 saturated heterocycles. The smallest absolute Gasteiger partial charge is 0.0368 e. The zero-order valence-electron chi connectivity index (χ0n) is 11.5. The first-order valence-corrected chi connectivity index (χ1v) is 7.06. The van der Waals surface area contributed by atoms with Crippen LogP contribution in [0.2, 0.25) is 0 Å². The van der Waals surface area contributed by atoms with E-state index in [9.17, 15) is 0 Å². The van der Waals surface area contributed by atoms with E-state index >= 15 is 0 Å². The van der Waals surface area contributed by atoms with Crippen molar-refractivity contribution in [2.75, 3.05) is 0 Å². The van der Waals surface area contributed by atoms with Crippen LogP contribution in [0.25, 0.3) is 11.6 Å². The van der Waals surface area contributed by atoms with Crippen LogP contribution in [0, 0.1) is 0 Å². The molecule has 0 bridgehead atoms. The topological polar surface area (TPSA) is 0 Å². The van der Waals surface area contributed by atoms with Crippen molar-refractivity contribution in [3.05, 3.63) is 94.4 Å². The highest BCUT2D eigenvalue weighted by molar-refractivity contribution is 5.90. The zero-order chi connectivity index (χ0) is 13.6. The van der Waals surface area contributed by atoms with Gasteiger partial charge in [-0.15, -0.1) is 0 Å². The fourth-order valence-electron chi connectivity index (χ4n) is 3.41. The van der Waals surface area contributed by atoms with Crippen LogP contribution in [0.5, 0.6) is 0 Å². The molecule has 0 amide bonds. The Bertz CT molecular complexity index is 850. The fraction of sp³-hybridized carbons (Fsp3) is 0.100. The van der Waals surface area contributed by atoms with Gasteiger partial charge in [0.25, 0.3) is 0 Å². The van der Waals surface area contributed by atoms with E-state index in [2.05, 4.69) is 85.8 Å². The van der Waals surface area contributed by atoms with E-state index in [1.54, 1.807) is 0 Å². The third kappa shape index (κ3) is 1.48. The summed E-state index contributed by atoms with van der Waals surface area (Å²) in [5.41, 5.74) is 4.08. The first kappa shape index (κ1) is 11.5. The molecule has 96 valence electrons. The molecule has 0 aromatic heterocycles. The van der Waals surface area contributed by atoms with Crippen molar-refractivity contribution in [2.45, 2.75) is 12.3 Å². The molecular formula is C20H16. The van der Waals surface area contributed by atoms with Crippen molar-refractivity contribution in [2.24, 2.45) is 0 Å². The summed E-state index contributed by atoms with van der Waals surface area (Å²) >= 11 is 0. The first-order chi connectivity index (χ1) is 9.79. The van der Waals surface area contributed by atoms with Gasteiger partial charge in [0.15, 0.2) is 0 Å². The zero-order valence-corrected chi connectivity index (χ0v) is 11.5. The van der Waals surface area contributed by atoms with Crippen molar-refractivity contribution in [3.63, 3.8) is 0 Å². The van der Waals surface area contributed by atoms with Crippen LogP contribution in [-0.4, -0.2) is 0 Å². The van der Waals surface area contributed by atoms with E-state index in [1.165, 1.54) is 27.1 Å². The molecule has 0 spiro atoms. The Kier molecular flexibility index (Phi) is 2.34. The second-order valence-corrected chi connectivity index (χ2v) is 5.66. The number of benzene rings is 2. The summed E-state index contributed by atoms with van der Waals surface area (Å²) in [6.45, 7) is 2.32. The molecule has 2 aliphatic carbocycles. The molecule has 0 heteroatoms. The highest BCUT2D eigenvalue weighted by Gasteiger charge is 2.33. The lowest BCUT2D eigenvalue weighted by Crippen LogP contribution is -2.31. The lowest BCUT2D eigenvalue weighted by Gasteiger charge is -2.32. The van der Waals surface area contributed by atoms with Crippen molar-refractivity contribution < 1.29 is 0 Å². The van der Waals surface area contributed by atoms with E-state index < -0.39 is 0 Å². The summed E-state index contributed by atoms with van der Waals surface area (Å²) in [4.78, 5) is 0. The Morgan fingerprint density at radius 3 is 2.45 bits per heavy atom. The monoisotopic (exact) mass is 256 g/mol. The predicted octanol–water partition coefficient (Wildman–Crippen LogP) is 3.09. The SMILES string of the molecule is CC1(c2ccccc2)C=CC=C2C=c3ccccc3=C21. The summed E-state index contributed by atoms with van der Waals surface area (Å²) < 4.78 is 0. The number of hydrogen-bond acceptors (Lipinski definition) is 0. The van der Waals surface area contributed by atoms with Gasteiger partial charge in [-0.05, 0) is 40.1 Å². The van der Waals surface area contributed by atoms with Crippen LogP contribution in [0.15, 0.2) is 78.4 Å². The van der Waals surface area contributed by atoms with Crippen molar-refractivity contribution in [1.82, 2.24) is 0 Å². The fourth-order valence-corrected chi connectivity index (χ4v) is 3.41. The molecule has 2 aromatic carbocycles. The number of hydrogen-bond donors (Lipinski definition) is 0. The summed E-state index contributed by atoms with van der Waals surface area (Å²) in [6, 6.07) is 19.5. The Morgan fingerprint density at radius 2 is 1.60 bits per heavy atom. The number of allylic oxidation sites excluding steroid dienone is 4. The normalized spacial score (nSPS) is 22.9. The largest absolute Gasteiger partial charge is 0.0698 e. The molecule has 2 aromatic rings. The van der Waals surface area contributed by atoms with Gasteiger partial charge in [-0.1, -0.05) is 72.8 Å². The van der Waals surface area contributed by atoms with Gasteiger partial charge in [0.1, 0.15) is 0 Å². The first-order valence-electron chi connectivity index (χ1n) is 7.06. The molecule has 0 radical (unpaired) electrons. The van der Waals surface area contributed by atoms with E-state index in [1.807, 2.05) is 0 Å². The van der Waals surface area contributed by atoms with Crippen LogP contribution < -0.4 is 10.4 Å². The average molecular weight is 256 g/mol. The van der Waals surface area contributed by atoms with Gasteiger partial charge in [0.2, 0.25) is 0 Å². The van der Waals surface area contributed by atoms with Gasteiger partial charge in [-0.3, -0.25) is 0 Å². The van der Waals surface area contributed by atoms with Gasteiger partial charge < -0.3 is 0 Å². The third-order valence-electron chi connectivity index (χ3n) is 4.43. The summed E-state index contributed by atoms with van der Waals surface area (Å²) in [7, 11) is 0. The average Bonchev–Trinajstić information content (AvgIpc) is 2.88. The Morgan fingerprint density at radius 1 is 0.850 bits per heavy atom. The maximum atomic E-state index is 2.32. The molecule has 0 nitrogen and oxygen atoms in total. The van der Waals surface area contributed by atoms with Gasteiger partial charge in [0, 0.05) is 5.41 Å². The van der Waals surface area contributed by atoms with Gasteiger partial charge in [0.05, 0.1) is 0 Å². The van der Waals surface area contributed by atoms with Crippen LogP contribution in [0.3, 0.4) is 0 Å². The van der Waals surface area contributed by atoms with E-state index in [-0.39, 0.29) is 5.41 Å².